The third-order valence-electron chi connectivity index (χ3n) is 4.13. The molecule has 0 bridgehead atoms. The number of nitrogens with two attached hydrogens (primary N) is 1. The van der Waals surface area contributed by atoms with Gasteiger partial charge in [-0.2, -0.15) is 0 Å². The summed E-state index contributed by atoms with van der Waals surface area (Å²) in [5.41, 5.74) is 5.34. The minimum Gasteiger partial charge on any atom is -0.475 e. The highest BCUT2D eigenvalue weighted by atomic mass is 16.4. The number of carboxylic acids is 1. The van der Waals surface area contributed by atoms with Crippen LogP contribution in [0, 0.1) is 0 Å². The van der Waals surface area contributed by atoms with Crippen molar-refractivity contribution in [3.05, 3.63) is 0 Å². The van der Waals surface area contributed by atoms with Crippen molar-refractivity contribution in [2.45, 2.75) is 37.5 Å². The summed E-state index contributed by atoms with van der Waals surface area (Å²) < 4.78 is 0. The first-order valence-electron chi connectivity index (χ1n) is 7.03. The Balaban J connectivity index is 2.10. The number of nitrogens with one attached hydrogen (secondary N) is 1. The first-order chi connectivity index (χ1) is 10.2. The van der Waals surface area contributed by atoms with Crippen LogP contribution in [0.2, 0.25) is 0 Å². The number of rotatable bonds is 4. The number of amides is 2. The Morgan fingerprint density at radius 3 is 2.68 bits per heavy atom. The van der Waals surface area contributed by atoms with Crippen LogP contribution in [-0.2, 0) is 19.2 Å². The van der Waals surface area contributed by atoms with Gasteiger partial charge in [0, 0.05) is 6.54 Å². The molecule has 0 radical (unpaired) electrons. The third kappa shape index (κ3) is 2.81. The minimum absolute atomic E-state index is 0.173. The van der Waals surface area contributed by atoms with Crippen molar-refractivity contribution in [2.24, 2.45) is 5.73 Å². The highest BCUT2D eigenvalue weighted by molar-refractivity contribution is 6.35. The Kier molecular flexibility index (Phi) is 4.21. The van der Waals surface area contributed by atoms with Crippen LogP contribution in [0.4, 0.5) is 0 Å². The third-order valence-corrected chi connectivity index (χ3v) is 4.13. The molecule has 122 valence electrons. The van der Waals surface area contributed by atoms with Crippen LogP contribution in [0.1, 0.15) is 19.8 Å². The minimum atomic E-state index is -1.61. The number of Topliss-reactive ketones (excluding diaryl/α,β-unsaturated/α-hetero) is 1. The number of nitrogens with zero attached hydrogens (tertiary/aromatic N) is 2. The van der Waals surface area contributed by atoms with E-state index in [9.17, 15) is 19.2 Å². The fourth-order valence-electron chi connectivity index (χ4n) is 3.16. The molecule has 2 fully saturated rings. The van der Waals surface area contributed by atoms with Gasteiger partial charge in [-0.15, -0.1) is 0 Å². The summed E-state index contributed by atoms with van der Waals surface area (Å²) in [6.07, 6.45) is 0.859. The number of hydrogen-bond acceptors (Lipinski definition) is 6. The zero-order chi connectivity index (χ0) is 16.7. The van der Waals surface area contributed by atoms with Gasteiger partial charge in [-0.05, 0) is 26.8 Å². The zero-order valence-electron chi connectivity index (χ0n) is 12.5. The molecule has 2 rings (SSSR count). The van der Waals surface area contributed by atoms with E-state index in [0.717, 1.165) is 0 Å². The molecule has 4 N–H and O–H groups in total. The quantitative estimate of drug-likeness (QED) is 0.499. The molecule has 3 unspecified atom stereocenters. The van der Waals surface area contributed by atoms with E-state index in [1.54, 1.807) is 11.9 Å². The number of ketones is 1. The van der Waals surface area contributed by atoms with Crippen LogP contribution in [0.15, 0.2) is 0 Å². The maximum Gasteiger partial charge on any atom is 0.374 e. The smallest absolute Gasteiger partial charge is 0.374 e. The van der Waals surface area contributed by atoms with E-state index in [-0.39, 0.29) is 12.5 Å². The van der Waals surface area contributed by atoms with Crippen LogP contribution in [-0.4, -0.2) is 76.4 Å². The van der Waals surface area contributed by atoms with Crippen LogP contribution >= 0.6 is 0 Å². The van der Waals surface area contributed by atoms with E-state index in [1.165, 1.54) is 11.8 Å². The first-order valence-corrected chi connectivity index (χ1v) is 7.03. The van der Waals surface area contributed by atoms with Crippen LogP contribution < -0.4 is 11.1 Å². The molecule has 0 aromatic heterocycles. The number of carboxylic acid groups (broad SMARTS) is 1. The number of hydrogen-bond donors (Lipinski definition) is 3. The Morgan fingerprint density at radius 1 is 1.45 bits per heavy atom. The van der Waals surface area contributed by atoms with Gasteiger partial charge in [0.05, 0.1) is 12.6 Å². The lowest BCUT2D eigenvalue weighted by atomic mass is 10.1. The second-order valence-corrected chi connectivity index (χ2v) is 5.99. The van der Waals surface area contributed by atoms with E-state index in [1.807, 2.05) is 0 Å². The monoisotopic (exact) mass is 312 g/mol. The van der Waals surface area contributed by atoms with Crippen molar-refractivity contribution in [1.82, 2.24) is 15.1 Å². The largest absolute Gasteiger partial charge is 0.475 e. The van der Waals surface area contributed by atoms with Gasteiger partial charge >= 0.3 is 5.97 Å². The number of fused-ring (bicyclic) bond motifs is 1. The molecule has 9 heteroatoms. The molecule has 2 heterocycles. The maximum absolute atomic E-state index is 12.3. The van der Waals surface area contributed by atoms with E-state index in [0.29, 0.717) is 19.4 Å². The molecule has 0 aromatic rings. The Hall–Kier alpha value is -2.00. The van der Waals surface area contributed by atoms with E-state index < -0.39 is 35.4 Å². The number of likely N-dealkylation sites (N-methyl/N-ethyl adjacent to an activating group) is 1. The van der Waals surface area contributed by atoms with E-state index in [4.69, 9.17) is 10.8 Å². The molecule has 22 heavy (non-hydrogen) atoms. The molecule has 3 atom stereocenters. The van der Waals surface area contributed by atoms with E-state index >= 15 is 0 Å². The number of carbonyl (C=O) groups excluding carboxylic acids is 3. The summed E-state index contributed by atoms with van der Waals surface area (Å²) in [6, 6.07) is -1.92. The Bertz CT molecular complexity index is 537. The SMILES string of the molecule is CC(NC(=O)C1CCC2(N)CN(C)CC(=O)N12)C(=O)C(=O)O. The van der Waals surface area contributed by atoms with Crippen molar-refractivity contribution in [3.8, 4) is 0 Å². The van der Waals surface area contributed by atoms with Gasteiger partial charge in [-0.1, -0.05) is 0 Å². The summed E-state index contributed by atoms with van der Waals surface area (Å²) in [5, 5.41) is 11.0. The summed E-state index contributed by atoms with van der Waals surface area (Å²) >= 11 is 0. The van der Waals surface area contributed by atoms with Gasteiger partial charge in [-0.25, -0.2) is 4.79 Å². The lowest BCUT2D eigenvalue weighted by molar-refractivity contribution is -0.152. The highest BCUT2D eigenvalue weighted by Crippen LogP contribution is 2.33. The van der Waals surface area contributed by atoms with Crippen LogP contribution in [0.25, 0.3) is 0 Å². The fraction of sp³-hybridized carbons (Fsp3) is 0.692. The molecule has 2 aliphatic heterocycles. The van der Waals surface area contributed by atoms with Gasteiger partial charge in [0.1, 0.15) is 11.7 Å². The predicted octanol–water partition coefficient (Wildman–Crippen LogP) is -2.26. The molecule has 2 aliphatic rings. The number of piperazine rings is 1. The average Bonchev–Trinajstić information content (AvgIpc) is 2.74. The van der Waals surface area contributed by atoms with Gasteiger partial charge in [0.2, 0.25) is 11.8 Å². The van der Waals surface area contributed by atoms with Crippen molar-refractivity contribution in [2.75, 3.05) is 20.1 Å². The fourth-order valence-corrected chi connectivity index (χ4v) is 3.16. The lowest BCUT2D eigenvalue weighted by Gasteiger charge is -2.44. The van der Waals surface area contributed by atoms with Crippen molar-refractivity contribution >= 4 is 23.6 Å². The molecular formula is C13H20N4O5. The topological polar surface area (TPSA) is 133 Å². The van der Waals surface area contributed by atoms with Crippen molar-refractivity contribution in [3.63, 3.8) is 0 Å². The van der Waals surface area contributed by atoms with Gasteiger partial charge < -0.3 is 21.1 Å². The Morgan fingerprint density at radius 2 is 2.09 bits per heavy atom. The number of aliphatic carboxylic acids is 1. The molecule has 2 amide bonds. The Labute approximate surface area is 127 Å². The van der Waals surface area contributed by atoms with Gasteiger partial charge in [0.15, 0.2) is 0 Å². The molecule has 0 saturated carbocycles. The van der Waals surface area contributed by atoms with Crippen molar-refractivity contribution in [1.29, 1.82) is 0 Å². The van der Waals surface area contributed by atoms with Crippen LogP contribution in [0.3, 0.4) is 0 Å². The summed E-state index contributed by atoms with van der Waals surface area (Å²) in [4.78, 5) is 49.6. The lowest BCUT2D eigenvalue weighted by Crippen LogP contribution is -2.69. The summed E-state index contributed by atoms with van der Waals surface area (Å²) in [5.74, 6) is -3.50. The number of carbonyl (C=O) groups is 4. The molecule has 0 aromatic carbocycles. The summed E-state index contributed by atoms with van der Waals surface area (Å²) in [6.45, 7) is 1.93. The normalized spacial score (nSPS) is 29.9. The summed E-state index contributed by atoms with van der Waals surface area (Å²) in [7, 11) is 1.78. The van der Waals surface area contributed by atoms with Gasteiger partial charge in [-0.3, -0.25) is 19.3 Å². The van der Waals surface area contributed by atoms with Crippen LogP contribution in [0.5, 0.6) is 0 Å². The molecule has 0 spiro atoms. The molecule has 2 saturated heterocycles. The standard InChI is InChI=1S/C13H20N4O5/c1-7(10(19)12(21)22)15-11(20)8-3-4-13(14)6-16(2)5-9(18)17(8)13/h7-8H,3-6,14H2,1-2H3,(H,15,20)(H,21,22). The average molecular weight is 312 g/mol. The molecule has 0 aliphatic carbocycles. The van der Waals surface area contributed by atoms with E-state index in [2.05, 4.69) is 5.32 Å². The van der Waals surface area contributed by atoms with Gasteiger partial charge in [0.25, 0.3) is 5.78 Å². The second-order valence-electron chi connectivity index (χ2n) is 5.99. The molecular weight excluding hydrogens is 292 g/mol. The van der Waals surface area contributed by atoms with Crippen molar-refractivity contribution < 1.29 is 24.3 Å². The second kappa shape index (κ2) is 5.65. The highest BCUT2D eigenvalue weighted by Gasteiger charge is 2.52. The zero-order valence-corrected chi connectivity index (χ0v) is 12.5. The maximum atomic E-state index is 12.3. The molecule has 9 nitrogen and oxygen atoms in total. The predicted molar refractivity (Wildman–Crippen MR) is 74.5 cm³/mol. The first kappa shape index (κ1) is 16.4.